The van der Waals surface area contributed by atoms with Crippen molar-refractivity contribution in [3.63, 3.8) is 0 Å². The Labute approximate surface area is 222 Å². The van der Waals surface area contributed by atoms with Gasteiger partial charge in [0.25, 0.3) is 0 Å². The molecule has 0 aromatic heterocycles. The summed E-state index contributed by atoms with van der Waals surface area (Å²) in [4.78, 5) is 48.2. The molecule has 0 aliphatic rings. The number of carbonyl (C=O) groups is 4. The molecule has 0 saturated carbocycles. The number of benzene rings is 1. The summed E-state index contributed by atoms with van der Waals surface area (Å²) < 4.78 is 30.6. The van der Waals surface area contributed by atoms with Crippen LogP contribution in [0.1, 0.15) is 72.8 Å². The summed E-state index contributed by atoms with van der Waals surface area (Å²) >= 11 is 0. The van der Waals surface area contributed by atoms with E-state index in [4.69, 9.17) is 34.2 Å². The molecule has 1 rings (SSSR count). The fraction of sp³-hybridized carbons (Fsp3) is 0.615. The van der Waals surface area contributed by atoms with Gasteiger partial charge in [0.05, 0.1) is 13.2 Å². The van der Waals surface area contributed by atoms with E-state index < -0.39 is 41.7 Å². The number of ether oxygens (including phenoxy) is 6. The minimum Gasteiger partial charge on any atom is -0.480 e. The molecule has 3 N–H and O–H groups in total. The smallest absolute Gasteiger partial charge is 0.480 e. The molecule has 0 aliphatic heterocycles. The van der Waals surface area contributed by atoms with Crippen molar-refractivity contribution in [1.29, 1.82) is 0 Å². The summed E-state index contributed by atoms with van der Waals surface area (Å²) in [6.45, 7) is 10.6. The van der Waals surface area contributed by atoms with Crippen LogP contribution in [0.15, 0.2) is 18.2 Å². The molecule has 0 fully saturated rings. The first kappa shape index (κ1) is 32.5. The normalized spacial score (nSPS) is 13.4. The van der Waals surface area contributed by atoms with E-state index in [2.05, 4.69) is 0 Å². The second kappa shape index (κ2) is 15.0. The van der Waals surface area contributed by atoms with Gasteiger partial charge in [0, 0.05) is 12.8 Å². The van der Waals surface area contributed by atoms with Crippen LogP contribution >= 0.6 is 0 Å². The largest absolute Gasteiger partial charge is 0.513 e. The van der Waals surface area contributed by atoms with Crippen molar-refractivity contribution in [1.82, 2.24) is 0 Å². The van der Waals surface area contributed by atoms with Gasteiger partial charge in [-0.3, -0.25) is 4.79 Å². The van der Waals surface area contributed by atoms with Crippen LogP contribution in [-0.4, -0.2) is 60.0 Å². The van der Waals surface area contributed by atoms with E-state index in [0.29, 0.717) is 24.8 Å². The maximum atomic E-state index is 12.1. The number of nitrogens with two attached hydrogens (primary N) is 1. The number of rotatable bonds is 14. The Hall–Kier alpha value is -3.54. The molecule has 38 heavy (non-hydrogen) atoms. The summed E-state index contributed by atoms with van der Waals surface area (Å²) in [5, 5.41) is 9.88. The third-order valence-electron chi connectivity index (χ3n) is 5.35. The van der Waals surface area contributed by atoms with Crippen LogP contribution in [0.25, 0.3) is 0 Å². The van der Waals surface area contributed by atoms with E-state index in [1.54, 1.807) is 20.8 Å². The third kappa shape index (κ3) is 11.2. The van der Waals surface area contributed by atoms with E-state index in [1.807, 2.05) is 13.8 Å². The van der Waals surface area contributed by atoms with Crippen LogP contribution in [0.5, 0.6) is 11.5 Å². The lowest BCUT2D eigenvalue weighted by molar-refractivity contribution is -0.145. The minimum absolute atomic E-state index is 0.105. The van der Waals surface area contributed by atoms with Gasteiger partial charge in [0.1, 0.15) is 17.2 Å². The SMILES string of the molecule is CCCOC(=O)Oc1ccc(CC(N)(C[C@H](C)OC(=O)OC(C)(C)CC)C(=O)O)cc1OC(=O)OCCC. The van der Waals surface area contributed by atoms with Gasteiger partial charge in [-0.15, -0.1) is 0 Å². The second-order valence-electron chi connectivity index (χ2n) is 9.42. The minimum atomic E-state index is -1.87. The lowest BCUT2D eigenvalue weighted by Crippen LogP contribution is -2.52. The monoisotopic (exact) mass is 541 g/mol. The number of hydrogen-bond donors (Lipinski definition) is 2. The van der Waals surface area contributed by atoms with Gasteiger partial charge in [-0.2, -0.15) is 0 Å². The van der Waals surface area contributed by atoms with E-state index in [1.165, 1.54) is 25.1 Å². The zero-order valence-electron chi connectivity index (χ0n) is 22.9. The molecule has 0 saturated heterocycles. The molecular weight excluding hydrogens is 502 g/mol. The molecule has 2 atom stereocenters. The Kier molecular flexibility index (Phi) is 12.8. The van der Waals surface area contributed by atoms with E-state index in [0.717, 1.165) is 0 Å². The Morgan fingerprint density at radius 1 is 0.921 bits per heavy atom. The summed E-state index contributed by atoms with van der Waals surface area (Å²) in [5.41, 5.74) is 3.94. The molecule has 0 aliphatic carbocycles. The quantitative estimate of drug-likeness (QED) is 0.184. The maximum Gasteiger partial charge on any atom is 0.513 e. The lowest BCUT2D eigenvalue weighted by Gasteiger charge is -2.29. The van der Waals surface area contributed by atoms with Crippen molar-refractivity contribution in [2.24, 2.45) is 5.73 Å². The zero-order valence-corrected chi connectivity index (χ0v) is 22.9. The summed E-state index contributed by atoms with van der Waals surface area (Å²) in [5.74, 6) is -1.68. The number of carboxylic acids is 1. The zero-order chi connectivity index (χ0) is 28.9. The summed E-state index contributed by atoms with van der Waals surface area (Å²) in [6.07, 6.45) is -2.68. The van der Waals surface area contributed by atoms with E-state index in [-0.39, 0.29) is 37.6 Å². The second-order valence-corrected chi connectivity index (χ2v) is 9.42. The molecule has 1 aromatic rings. The van der Waals surface area contributed by atoms with Gasteiger partial charge in [-0.1, -0.05) is 26.8 Å². The standard InChI is InChI=1S/C26H39NO11/c1-7-12-33-22(30)36-19-11-10-18(14-20(19)37-23(31)34-13-8-2)16-26(27,21(28)29)15-17(4)35-24(32)38-25(5,6)9-3/h10-11,14,17H,7-9,12-13,15-16,27H2,1-6H3,(H,28,29)/t17-,26?/m0/s1. The van der Waals surface area contributed by atoms with Crippen molar-refractivity contribution < 1.29 is 52.7 Å². The van der Waals surface area contributed by atoms with Crippen molar-refractivity contribution >= 4 is 24.4 Å². The highest BCUT2D eigenvalue weighted by atomic mass is 16.7. The van der Waals surface area contributed by atoms with Crippen LogP contribution in [0.2, 0.25) is 0 Å². The molecule has 0 amide bonds. The highest BCUT2D eigenvalue weighted by Crippen LogP contribution is 2.31. The van der Waals surface area contributed by atoms with Crippen molar-refractivity contribution in [2.45, 2.75) is 90.9 Å². The fourth-order valence-corrected chi connectivity index (χ4v) is 3.08. The van der Waals surface area contributed by atoms with Crippen LogP contribution in [0.3, 0.4) is 0 Å². The first-order chi connectivity index (χ1) is 17.7. The molecule has 0 bridgehead atoms. The first-order valence-corrected chi connectivity index (χ1v) is 12.5. The molecule has 214 valence electrons. The van der Waals surface area contributed by atoms with Crippen LogP contribution in [0, 0.1) is 0 Å². The third-order valence-corrected chi connectivity index (χ3v) is 5.35. The highest BCUT2D eigenvalue weighted by molar-refractivity contribution is 5.79. The Bertz CT molecular complexity index is 963. The maximum absolute atomic E-state index is 12.1. The van der Waals surface area contributed by atoms with Crippen LogP contribution in [0.4, 0.5) is 14.4 Å². The highest BCUT2D eigenvalue weighted by Gasteiger charge is 2.38. The Morgan fingerprint density at radius 3 is 1.97 bits per heavy atom. The van der Waals surface area contributed by atoms with Crippen molar-refractivity contribution in [3.8, 4) is 11.5 Å². The topological polar surface area (TPSA) is 170 Å². The number of aliphatic carboxylic acids is 1. The van der Waals surface area contributed by atoms with Crippen molar-refractivity contribution in [3.05, 3.63) is 23.8 Å². The Morgan fingerprint density at radius 2 is 1.47 bits per heavy atom. The predicted molar refractivity (Wildman–Crippen MR) is 135 cm³/mol. The lowest BCUT2D eigenvalue weighted by atomic mass is 9.86. The molecule has 1 aromatic carbocycles. The van der Waals surface area contributed by atoms with E-state index >= 15 is 0 Å². The molecule has 12 heteroatoms. The first-order valence-electron chi connectivity index (χ1n) is 12.5. The molecule has 0 spiro atoms. The average Bonchev–Trinajstić information content (AvgIpc) is 2.82. The summed E-state index contributed by atoms with van der Waals surface area (Å²) in [6, 6.07) is 4.09. The van der Waals surface area contributed by atoms with Gasteiger partial charge in [0.15, 0.2) is 11.5 Å². The van der Waals surface area contributed by atoms with Gasteiger partial charge in [0.2, 0.25) is 0 Å². The summed E-state index contributed by atoms with van der Waals surface area (Å²) in [7, 11) is 0. The molecule has 0 radical (unpaired) electrons. The van der Waals surface area contributed by atoms with Gasteiger partial charge in [-0.25, -0.2) is 14.4 Å². The molecule has 12 nitrogen and oxygen atoms in total. The average molecular weight is 542 g/mol. The van der Waals surface area contributed by atoms with Gasteiger partial charge >= 0.3 is 24.4 Å². The van der Waals surface area contributed by atoms with Crippen molar-refractivity contribution in [2.75, 3.05) is 13.2 Å². The Balaban J connectivity index is 3.12. The fourth-order valence-electron chi connectivity index (χ4n) is 3.08. The predicted octanol–water partition coefficient (Wildman–Crippen LogP) is 4.98. The van der Waals surface area contributed by atoms with Crippen LogP contribution < -0.4 is 15.2 Å². The number of carbonyl (C=O) groups excluding carboxylic acids is 3. The molecular formula is C26H39NO11. The number of carboxylic acid groups (broad SMARTS) is 1. The van der Waals surface area contributed by atoms with Crippen LogP contribution in [-0.2, 0) is 30.2 Å². The molecule has 1 unspecified atom stereocenters. The van der Waals surface area contributed by atoms with Gasteiger partial charge < -0.3 is 39.3 Å². The van der Waals surface area contributed by atoms with Gasteiger partial charge in [-0.05, 0) is 57.7 Å². The van der Waals surface area contributed by atoms with E-state index in [9.17, 15) is 24.3 Å². The number of hydrogen-bond acceptors (Lipinski definition) is 11. The molecule has 0 heterocycles.